The molecule has 0 bridgehead atoms. The summed E-state index contributed by atoms with van der Waals surface area (Å²) in [6.45, 7) is 6.83. The Balaban J connectivity index is 1.66. The largest absolute Gasteiger partial charge is 0.497 e. The number of carbonyl (C=O) groups is 1. The van der Waals surface area contributed by atoms with Crippen LogP contribution in [0.25, 0.3) is 11.3 Å². The molecule has 186 valence electrons. The number of amides is 1. The normalized spacial score (nSPS) is 12.2. The fraction of sp³-hybridized carbons (Fsp3) is 0.300. The molecule has 4 aromatic rings. The highest BCUT2D eigenvalue weighted by molar-refractivity contribution is 5.94. The Morgan fingerprint density at radius 3 is 2.17 bits per heavy atom. The van der Waals surface area contributed by atoms with Gasteiger partial charge in [0.25, 0.3) is 5.91 Å². The van der Waals surface area contributed by atoms with E-state index in [2.05, 4.69) is 50.4 Å². The molecule has 1 aromatic heterocycles. The van der Waals surface area contributed by atoms with Crippen LogP contribution in [-0.2, 0) is 12.0 Å². The Morgan fingerprint density at radius 1 is 0.917 bits per heavy atom. The topological polar surface area (TPSA) is 69.0 Å². The van der Waals surface area contributed by atoms with E-state index >= 15 is 0 Å². The van der Waals surface area contributed by atoms with Gasteiger partial charge in [-0.05, 0) is 75.6 Å². The first-order chi connectivity index (χ1) is 17.3. The van der Waals surface area contributed by atoms with Gasteiger partial charge in [-0.25, -0.2) is 0 Å². The van der Waals surface area contributed by atoms with Crippen LogP contribution in [0, 0.1) is 0 Å². The summed E-state index contributed by atoms with van der Waals surface area (Å²) < 4.78 is 5.35. The number of carbonyl (C=O) groups excluding carboxylic acids is 1. The van der Waals surface area contributed by atoms with Gasteiger partial charge in [-0.15, -0.1) is 0 Å². The van der Waals surface area contributed by atoms with Gasteiger partial charge in [-0.2, -0.15) is 15.0 Å². The molecule has 0 spiro atoms. The average Bonchev–Trinajstić information content (AvgIpc) is 3.35. The van der Waals surface area contributed by atoms with Gasteiger partial charge in [-0.1, -0.05) is 48.5 Å². The molecule has 0 aliphatic heterocycles. The molecule has 0 fully saturated rings. The smallest absolute Gasteiger partial charge is 0.251 e. The van der Waals surface area contributed by atoms with E-state index in [0.717, 1.165) is 35.5 Å². The molecule has 3 aromatic carbocycles. The Labute approximate surface area is 213 Å². The number of aromatic nitrogens is 3. The lowest BCUT2D eigenvalue weighted by molar-refractivity contribution is 0.0952. The molecule has 1 N–H and O–H groups in total. The zero-order valence-corrected chi connectivity index (χ0v) is 21.4. The van der Waals surface area contributed by atoms with Crippen molar-refractivity contribution in [2.45, 2.75) is 45.1 Å². The molecule has 1 unspecified atom stereocenters. The number of hydrogen-bond acceptors (Lipinski definition) is 4. The van der Waals surface area contributed by atoms with Crippen LogP contribution in [0.15, 0.2) is 84.9 Å². The van der Waals surface area contributed by atoms with Crippen molar-refractivity contribution in [1.29, 1.82) is 0 Å². The predicted molar refractivity (Wildman–Crippen MR) is 143 cm³/mol. The number of ether oxygens (including phenoxy) is 1. The summed E-state index contributed by atoms with van der Waals surface area (Å²) in [5.74, 6) is 0.799. The third kappa shape index (κ3) is 6.19. The zero-order valence-electron chi connectivity index (χ0n) is 21.4. The van der Waals surface area contributed by atoms with Gasteiger partial charge < -0.3 is 10.1 Å². The number of rotatable bonds is 9. The van der Waals surface area contributed by atoms with E-state index in [9.17, 15) is 4.79 Å². The fourth-order valence-electron chi connectivity index (χ4n) is 4.13. The minimum atomic E-state index is -0.266. The Morgan fingerprint density at radius 2 is 1.56 bits per heavy atom. The van der Waals surface area contributed by atoms with Gasteiger partial charge in [-0.3, -0.25) is 4.79 Å². The summed E-state index contributed by atoms with van der Waals surface area (Å²) in [7, 11) is 1.66. The summed E-state index contributed by atoms with van der Waals surface area (Å²) in [4.78, 5) is 14.5. The van der Waals surface area contributed by atoms with Crippen molar-refractivity contribution < 1.29 is 9.53 Å². The minimum absolute atomic E-state index is 0.0664. The lowest BCUT2D eigenvalue weighted by Gasteiger charge is -2.18. The molecular formula is C30H34N4O2. The molecule has 6 nitrogen and oxygen atoms in total. The summed E-state index contributed by atoms with van der Waals surface area (Å²) in [5.41, 5.74) is 4.42. The van der Waals surface area contributed by atoms with Crippen LogP contribution in [0.4, 0.5) is 0 Å². The maximum atomic E-state index is 12.7. The van der Waals surface area contributed by atoms with Crippen LogP contribution >= 0.6 is 0 Å². The Bertz CT molecular complexity index is 1260. The number of methoxy groups -OCH3 is 1. The summed E-state index contributed by atoms with van der Waals surface area (Å²) in [6.07, 6.45) is 1.54. The van der Waals surface area contributed by atoms with E-state index in [0.29, 0.717) is 12.1 Å². The van der Waals surface area contributed by atoms with Crippen LogP contribution in [0.3, 0.4) is 0 Å². The predicted octanol–water partition coefficient (Wildman–Crippen LogP) is 5.86. The fourth-order valence-corrected chi connectivity index (χ4v) is 4.13. The quantitative estimate of drug-likeness (QED) is 0.325. The number of hydrogen-bond donors (Lipinski definition) is 1. The molecule has 0 aliphatic carbocycles. The summed E-state index contributed by atoms with van der Waals surface area (Å²) in [6, 6.07) is 27.7. The first kappa shape index (κ1) is 25.2. The highest BCUT2D eigenvalue weighted by Gasteiger charge is 2.26. The Kier molecular flexibility index (Phi) is 7.84. The van der Waals surface area contributed by atoms with Gasteiger partial charge in [0.05, 0.1) is 18.3 Å². The average molecular weight is 483 g/mol. The second kappa shape index (κ2) is 11.2. The van der Waals surface area contributed by atoms with Crippen molar-refractivity contribution in [3.8, 4) is 17.0 Å². The lowest BCUT2D eigenvalue weighted by Crippen LogP contribution is -2.26. The van der Waals surface area contributed by atoms with E-state index in [1.54, 1.807) is 7.11 Å². The van der Waals surface area contributed by atoms with E-state index in [1.165, 1.54) is 5.56 Å². The van der Waals surface area contributed by atoms with Crippen LogP contribution in [0.2, 0.25) is 0 Å². The number of nitrogens with zero attached hydrogens (tertiary/aromatic N) is 3. The maximum absolute atomic E-state index is 12.7. The SMILES string of the molecule is COc1ccc(-c2nn(C(C)(C)C)nc2C(CCNC(=O)c2ccccc2)Cc2ccccc2)cc1. The van der Waals surface area contributed by atoms with E-state index < -0.39 is 0 Å². The number of benzene rings is 3. The third-order valence-corrected chi connectivity index (χ3v) is 6.13. The minimum Gasteiger partial charge on any atom is -0.497 e. The van der Waals surface area contributed by atoms with Crippen molar-refractivity contribution in [2.75, 3.05) is 13.7 Å². The van der Waals surface area contributed by atoms with Crippen molar-refractivity contribution in [1.82, 2.24) is 20.3 Å². The second-order valence-corrected chi connectivity index (χ2v) is 9.92. The molecule has 1 atom stereocenters. The first-order valence-electron chi connectivity index (χ1n) is 12.3. The van der Waals surface area contributed by atoms with Gasteiger partial charge in [0, 0.05) is 23.6 Å². The highest BCUT2D eigenvalue weighted by Crippen LogP contribution is 2.33. The van der Waals surface area contributed by atoms with E-state index in [-0.39, 0.29) is 17.4 Å². The monoisotopic (exact) mass is 482 g/mol. The van der Waals surface area contributed by atoms with Gasteiger partial charge in [0.1, 0.15) is 11.4 Å². The number of nitrogens with one attached hydrogen (secondary N) is 1. The highest BCUT2D eigenvalue weighted by atomic mass is 16.5. The molecule has 36 heavy (non-hydrogen) atoms. The van der Waals surface area contributed by atoms with E-state index in [1.807, 2.05) is 65.5 Å². The molecule has 1 amide bonds. The molecule has 6 heteroatoms. The van der Waals surface area contributed by atoms with Gasteiger partial charge in [0.15, 0.2) is 0 Å². The van der Waals surface area contributed by atoms with E-state index in [4.69, 9.17) is 14.9 Å². The standard InChI is InChI=1S/C30H34N4O2/c1-30(2,3)34-32-27(23-15-17-26(36-4)18-16-23)28(33-34)25(21-22-11-7-5-8-12-22)19-20-31-29(35)24-13-9-6-10-14-24/h5-18,25H,19-21H2,1-4H3,(H,31,35). The Hall–Kier alpha value is -3.93. The lowest BCUT2D eigenvalue weighted by atomic mass is 9.90. The second-order valence-electron chi connectivity index (χ2n) is 9.92. The van der Waals surface area contributed by atoms with Crippen LogP contribution < -0.4 is 10.1 Å². The van der Waals surface area contributed by atoms with Crippen LogP contribution in [0.5, 0.6) is 5.75 Å². The first-order valence-corrected chi connectivity index (χ1v) is 12.3. The van der Waals surface area contributed by atoms with Crippen molar-refractivity contribution in [3.05, 3.63) is 102 Å². The summed E-state index contributed by atoms with van der Waals surface area (Å²) in [5, 5.41) is 13.0. The van der Waals surface area contributed by atoms with Gasteiger partial charge >= 0.3 is 0 Å². The maximum Gasteiger partial charge on any atom is 0.251 e. The molecule has 0 saturated heterocycles. The molecular weight excluding hydrogens is 448 g/mol. The van der Waals surface area contributed by atoms with Gasteiger partial charge in [0.2, 0.25) is 0 Å². The molecule has 4 rings (SSSR count). The van der Waals surface area contributed by atoms with Crippen LogP contribution in [0.1, 0.15) is 54.7 Å². The van der Waals surface area contributed by atoms with Crippen molar-refractivity contribution in [3.63, 3.8) is 0 Å². The molecule has 1 heterocycles. The summed E-state index contributed by atoms with van der Waals surface area (Å²) >= 11 is 0. The third-order valence-electron chi connectivity index (χ3n) is 6.13. The van der Waals surface area contributed by atoms with Crippen molar-refractivity contribution >= 4 is 5.91 Å². The van der Waals surface area contributed by atoms with Crippen molar-refractivity contribution in [2.24, 2.45) is 0 Å². The molecule has 0 saturated carbocycles. The molecule has 0 aliphatic rings. The zero-order chi connectivity index (χ0) is 25.5. The molecule has 0 radical (unpaired) electrons. The van der Waals surface area contributed by atoms with Crippen LogP contribution in [-0.4, -0.2) is 34.6 Å².